The molecule has 1 aromatic carbocycles. The Kier molecular flexibility index (Phi) is 7.41. The van der Waals surface area contributed by atoms with E-state index < -0.39 is 0 Å². The quantitative estimate of drug-likeness (QED) is 0.632. The third kappa shape index (κ3) is 6.00. The first-order valence-corrected chi connectivity index (χ1v) is 9.22. The van der Waals surface area contributed by atoms with Crippen LogP contribution < -0.4 is 20.4 Å². The third-order valence-corrected chi connectivity index (χ3v) is 4.53. The molecule has 1 aromatic rings. The van der Waals surface area contributed by atoms with Crippen LogP contribution in [0.2, 0.25) is 0 Å². The van der Waals surface area contributed by atoms with Gasteiger partial charge in [0.05, 0.1) is 20.3 Å². The topological polar surface area (TPSA) is 75.1 Å². The predicted molar refractivity (Wildman–Crippen MR) is 103 cm³/mol. The van der Waals surface area contributed by atoms with Crippen molar-refractivity contribution < 1.29 is 19.2 Å². The van der Waals surface area contributed by atoms with Crippen LogP contribution in [0.5, 0.6) is 0 Å². The summed E-state index contributed by atoms with van der Waals surface area (Å²) < 4.78 is 5.37. The molecule has 3 N–H and O–H groups in total. The van der Waals surface area contributed by atoms with E-state index in [2.05, 4.69) is 15.5 Å². The maximum atomic E-state index is 12.5. The Balaban J connectivity index is 1.86. The number of ether oxygens (including phenoxy) is 1. The first-order valence-electron chi connectivity index (χ1n) is 9.22. The van der Waals surface area contributed by atoms with Crippen molar-refractivity contribution in [3.63, 3.8) is 0 Å². The number of amides is 2. The number of hydrogen-bond acceptors (Lipinski definition) is 4. The van der Waals surface area contributed by atoms with Crippen LogP contribution in [-0.2, 0) is 14.3 Å². The second kappa shape index (κ2) is 9.54. The highest BCUT2D eigenvalue weighted by Crippen LogP contribution is 2.19. The maximum Gasteiger partial charge on any atom is 0.282 e. The second-order valence-corrected chi connectivity index (χ2v) is 7.10. The van der Waals surface area contributed by atoms with Gasteiger partial charge < -0.3 is 25.2 Å². The van der Waals surface area contributed by atoms with Crippen molar-refractivity contribution in [1.29, 1.82) is 0 Å². The Morgan fingerprint density at radius 1 is 1.15 bits per heavy atom. The SMILES string of the molecule is CC(C)NC(=O)C[NH+](C)[C@@H](C)C(=O)Nc1ccc(N2CCOCC2)cc1. The Labute approximate surface area is 155 Å². The second-order valence-electron chi connectivity index (χ2n) is 7.10. The summed E-state index contributed by atoms with van der Waals surface area (Å²) in [5, 5.41) is 5.78. The minimum atomic E-state index is -0.327. The number of carbonyl (C=O) groups is 2. The summed E-state index contributed by atoms with van der Waals surface area (Å²) in [7, 11) is 1.85. The lowest BCUT2D eigenvalue weighted by molar-refractivity contribution is -0.885. The minimum Gasteiger partial charge on any atom is -0.378 e. The van der Waals surface area contributed by atoms with Crippen molar-refractivity contribution in [1.82, 2.24) is 5.32 Å². The molecule has 0 radical (unpaired) electrons. The van der Waals surface area contributed by atoms with Crippen LogP contribution in [0.3, 0.4) is 0 Å². The number of carbonyl (C=O) groups excluding carboxylic acids is 2. The lowest BCUT2D eigenvalue weighted by Crippen LogP contribution is -3.15. The van der Waals surface area contributed by atoms with Crippen molar-refractivity contribution in [3.05, 3.63) is 24.3 Å². The zero-order valence-electron chi connectivity index (χ0n) is 16.2. The summed E-state index contributed by atoms with van der Waals surface area (Å²) in [6.45, 7) is 9.20. The van der Waals surface area contributed by atoms with E-state index in [0.29, 0.717) is 0 Å². The summed E-state index contributed by atoms with van der Waals surface area (Å²) in [5.41, 5.74) is 1.89. The number of nitrogens with one attached hydrogen (secondary N) is 3. The van der Waals surface area contributed by atoms with Crippen molar-refractivity contribution in [2.45, 2.75) is 32.9 Å². The highest BCUT2D eigenvalue weighted by molar-refractivity contribution is 5.93. The van der Waals surface area contributed by atoms with Crippen LogP contribution in [0, 0.1) is 0 Å². The van der Waals surface area contributed by atoms with Gasteiger partial charge in [-0.2, -0.15) is 0 Å². The zero-order chi connectivity index (χ0) is 19.1. The lowest BCUT2D eigenvalue weighted by Gasteiger charge is -2.29. The predicted octanol–water partition coefficient (Wildman–Crippen LogP) is -0.110. The van der Waals surface area contributed by atoms with Gasteiger partial charge in [0.15, 0.2) is 12.6 Å². The van der Waals surface area contributed by atoms with Crippen LogP contribution in [0.1, 0.15) is 20.8 Å². The molecule has 1 aliphatic rings. The number of nitrogens with zero attached hydrogens (tertiary/aromatic N) is 1. The number of rotatable bonds is 7. The van der Waals surface area contributed by atoms with Crippen LogP contribution in [-0.4, -0.2) is 63.8 Å². The molecule has 1 heterocycles. The van der Waals surface area contributed by atoms with Gasteiger partial charge in [0.2, 0.25) is 0 Å². The average Bonchev–Trinajstić information content (AvgIpc) is 2.61. The Morgan fingerprint density at radius 3 is 2.35 bits per heavy atom. The maximum absolute atomic E-state index is 12.5. The molecule has 2 rings (SSSR count). The summed E-state index contributed by atoms with van der Waals surface area (Å²) >= 11 is 0. The normalized spacial score (nSPS) is 16.9. The van der Waals surface area contributed by atoms with Crippen LogP contribution >= 0.6 is 0 Å². The van der Waals surface area contributed by atoms with Gasteiger partial charge >= 0.3 is 0 Å². The van der Waals surface area contributed by atoms with Gasteiger partial charge in [-0.05, 0) is 45.0 Å². The molecule has 0 aliphatic carbocycles. The number of quaternary nitrogens is 1. The van der Waals surface area contributed by atoms with Gasteiger partial charge in [0.25, 0.3) is 11.8 Å². The van der Waals surface area contributed by atoms with E-state index in [-0.39, 0.29) is 30.4 Å². The molecule has 7 nitrogen and oxygen atoms in total. The summed E-state index contributed by atoms with van der Waals surface area (Å²) in [6, 6.07) is 7.62. The van der Waals surface area contributed by atoms with E-state index in [0.717, 1.165) is 42.6 Å². The first kappa shape index (κ1) is 20.2. The molecule has 0 bridgehead atoms. The highest BCUT2D eigenvalue weighted by atomic mass is 16.5. The fourth-order valence-electron chi connectivity index (χ4n) is 2.83. The number of hydrogen-bond donors (Lipinski definition) is 3. The molecule has 1 saturated heterocycles. The van der Waals surface area contributed by atoms with Crippen molar-refractivity contribution in [3.8, 4) is 0 Å². The van der Waals surface area contributed by atoms with E-state index in [1.165, 1.54) is 0 Å². The Hall–Kier alpha value is -2.12. The number of morpholine rings is 1. The molecule has 1 aliphatic heterocycles. The van der Waals surface area contributed by atoms with Crippen molar-refractivity contribution >= 4 is 23.2 Å². The minimum absolute atomic E-state index is 0.0491. The molecule has 0 aromatic heterocycles. The van der Waals surface area contributed by atoms with Crippen LogP contribution in [0.4, 0.5) is 11.4 Å². The summed E-state index contributed by atoms with van der Waals surface area (Å²) in [5.74, 6) is -0.147. The molecule has 1 unspecified atom stereocenters. The van der Waals surface area contributed by atoms with Gasteiger partial charge in [-0.1, -0.05) is 0 Å². The summed E-state index contributed by atoms with van der Waals surface area (Å²) in [4.78, 5) is 27.4. The Bertz CT molecular complexity index is 597. The third-order valence-electron chi connectivity index (χ3n) is 4.53. The molecule has 2 amide bonds. The fraction of sp³-hybridized carbons (Fsp3) is 0.579. The number of likely N-dealkylation sites (N-methyl/N-ethyl adjacent to an activating group) is 1. The number of anilines is 2. The molecule has 144 valence electrons. The molecule has 1 fully saturated rings. The van der Waals surface area contributed by atoms with Crippen LogP contribution in [0.25, 0.3) is 0 Å². The molecular weight excluding hydrogens is 332 g/mol. The zero-order valence-corrected chi connectivity index (χ0v) is 16.2. The largest absolute Gasteiger partial charge is 0.378 e. The van der Waals surface area contributed by atoms with Gasteiger partial charge in [0, 0.05) is 30.5 Å². The molecule has 26 heavy (non-hydrogen) atoms. The van der Waals surface area contributed by atoms with E-state index in [1.807, 2.05) is 52.1 Å². The van der Waals surface area contributed by atoms with Gasteiger partial charge in [0.1, 0.15) is 0 Å². The van der Waals surface area contributed by atoms with Crippen molar-refractivity contribution in [2.75, 3.05) is 50.1 Å². The van der Waals surface area contributed by atoms with E-state index in [9.17, 15) is 9.59 Å². The molecule has 7 heteroatoms. The molecule has 0 saturated carbocycles. The van der Waals surface area contributed by atoms with E-state index in [1.54, 1.807) is 0 Å². The molecule has 0 spiro atoms. The van der Waals surface area contributed by atoms with Gasteiger partial charge in [-0.25, -0.2) is 0 Å². The van der Waals surface area contributed by atoms with E-state index in [4.69, 9.17) is 4.74 Å². The van der Waals surface area contributed by atoms with Gasteiger partial charge in [-0.15, -0.1) is 0 Å². The highest BCUT2D eigenvalue weighted by Gasteiger charge is 2.24. The molecule has 2 atom stereocenters. The Morgan fingerprint density at radius 2 is 1.77 bits per heavy atom. The first-order chi connectivity index (χ1) is 12.4. The monoisotopic (exact) mass is 363 g/mol. The van der Waals surface area contributed by atoms with Crippen LogP contribution in [0.15, 0.2) is 24.3 Å². The average molecular weight is 363 g/mol. The molecular formula is C19H31N4O3+. The fourth-order valence-corrected chi connectivity index (χ4v) is 2.83. The lowest BCUT2D eigenvalue weighted by atomic mass is 10.2. The smallest absolute Gasteiger partial charge is 0.282 e. The summed E-state index contributed by atoms with van der Waals surface area (Å²) in [6.07, 6.45) is 0. The number of benzene rings is 1. The standard InChI is InChI=1S/C19H30N4O3/c1-14(2)20-18(24)13-22(4)15(3)19(25)21-16-5-7-17(8-6-16)23-9-11-26-12-10-23/h5-8,14-15H,9-13H2,1-4H3,(H,20,24)(H,21,25)/p+1/t15-/m0/s1. The van der Waals surface area contributed by atoms with Gasteiger partial charge in [-0.3, -0.25) is 9.59 Å². The van der Waals surface area contributed by atoms with Crippen molar-refractivity contribution in [2.24, 2.45) is 0 Å². The van der Waals surface area contributed by atoms with E-state index >= 15 is 0 Å².